The number of amides is 1. The van der Waals surface area contributed by atoms with Gasteiger partial charge in [0.1, 0.15) is 0 Å². The van der Waals surface area contributed by atoms with Crippen LogP contribution in [0.25, 0.3) is 5.52 Å². The van der Waals surface area contributed by atoms with Crippen LogP contribution in [0.5, 0.6) is 0 Å². The Labute approximate surface area is 194 Å². The van der Waals surface area contributed by atoms with Gasteiger partial charge in [-0.05, 0) is 62.1 Å². The average molecular weight is 493 g/mol. The van der Waals surface area contributed by atoms with E-state index in [1.54, 1.807) is 21.7 Å². The highest BCUT2D eigenvalue weighted by atomic mass is 32.2. The minimum absolute atomic E-state index is 0.217. The van der Waals surface area contributed by atoms with E-state index in [0.29, 0.717) is 50.5 Å². The molecule has 3 heterocycles. The molecule has 0 N–H and O–H groups in total. The molecule has 180 valence electrons. The van der Waals surface area contributed by atoms with Crippen LogP contribution in [-0.2, 0) is 16.2 Å². The maximum Gasteiger partial charge on any atom is 0.416 e. The van der Waals surface area contributed by atoms with Crippen molar-refractivity contribution in [2.24, 2.45) is 0 Å². The summed E-state index contributed by atoms with van der Waals surface area (Å²) >= 11 is 0. The number of fused-ring (bicyclic) bond motifs is 1. The van der Waals surface area contributed by atoms with Gasteiger partial charge in [-0.25, -0.2) is 12.9 Å². The molecule has 5 rings (SSSR count). The molecule has 1 aliphatic heterocycles. The number of rotatable bonds is 5. The molecule has 0 spiro atoms. The van der Waals surface area contributed by atoms with Gasteiger partial charge >= 0.3 is 6.18 Å². The van der Waals surface area contributed by atoms with Crippen LogP contribution >= 0.6 is 0 Å². The Morgan fingerprint density at radius 2 is 1.68 bits per heavy atom. The van der Waals surface area contributed by atoms with Crippen LogP contribution in [0.4, 0.5) is 13.2 Å². The molecule has 34 heavy (non-hydrogen) atoms. The number of nitrogens with zero attached hydrogens (tertiary/aromatic N) is 4. The lowest BCUT2D eigenvalue weighted by Gasteiger charge is -2.37. The number of carbonyl (C=O) groups is 1. The molecule has 1 aromatic carbocycles. The van der Waals surface area contributed by atoms with Crippen molar-refractivity contribution < 1.29 is 26.4 Å². The van der Waals surface area contributed by atoms with Gasteiger partial charge in [-0.2, -0.15) is 22.6 Å². The molecule has 1 aliphatic carbocycles. The van der Waals surface area contributed by atoms with Gasteiger partial charge in [0, 0.05) is 31.4 Å². The molecule has 1 amide bonds. The molecular weight excluding hydrogens is 469 g/mol. The van der Waals surface area contributed by atoms with Crippen molar-refractivity contribution in [2.75, 3.05) is 13.1 Å². The van der Waals surface area contributed by atoms with E-state index in [-0.39, 0.29) is 22.9 Å². The zero-order valence-corrected chi connectivity index (χ0v) is 19.0. The Bertz CT molecular complexity index is 1290. The first kappa shape index (κ1) is 22.9. The molecule has 11 heteroatoms. The molecule has 0 unspecified atom stereocenters. The van der Waals surface area contributed by atoms with Crippen LogP contribution in [0.15, 0.2) is 59.6 Å². The van der Waals surface area contributed by atoms with Crippen LogP contribution in [0.1, 0.15) is 41.7 Å². The maximum absolute atomic E-state index is 13.4. The van der Waals surface area contributed by atoms with Gasteiger partial charge in [0.25, 0.3) is 5.91 Å². The highest BCUT2D eigenvalue weighted by Crippen LogP contribution is 2.38. The standard InChI is InChI=1S/C23H23F3N4O3S/c24-23(25,26)16-4-3-6-20(14-16)34(32,33)30(17-7-8-17)18-9-12-28(13-10-18)22(31)21-15-19-5-1-2-11-29(19)27-21/h1-6,11,14-15,17-18H,7-10,12-13H2. The fourth-order valence-corrected chi connectivity index (χ4v) is 6.48. The minimum Gasteiger partial charge on any atom is -0.337 e. The van der Waals surface area contributed by atoms with E-state index in [4.69, 9.17) is 0 Å². The number of pyridine rings is 1. The first-order chi connectivity index (χ1) is 16.1. The number of benzene rings is 1. The number of carbonyl (C=O) groups excluding carboxylic acids is 1. The van der Waals surface area contributed by atoms with E-state index in [0.717, 1.165) is 17.6 Å². The molecule has 2 aromatic heterocycles. The molecule has 2 fully saturated rings. The number of hydrogen-bond acceptors (Lipinski definition) is 4. The zero-order chi connectivity index (χ0) is 24.1. The highest BCUT2D eigenvalue weighted by molar-refractivity contribution is 7.89. The van der Waals surface area contributed by atoms with Crippen molar-refractivity contribution in [3.05, 3.63) is 66.0 Å². The summed E-state index contributed by atoms with van der Waals surface area (Å²) in [6, 6.07) is 10.5. The Balaban J connectivity index is 1.33. The van der Waals surface area contributed by atoms with Gasteiger partial charge in [0.05, 0.1) is 16.0 Å². The third-order valence-corrected chi connectivity index (χ3v) is 8.35. The summed E-state index contributed by atoms with van der Waals surface area (Å²) in [6.07, 6.45) is -0.692. The van der Waals surface area contributed by atoms with Crippen LogP contribution in [-0.4, -0.2) is 58.3 Å². The Morgan fingerprint density at radius 3 is 2.32 bits per heavy atom. The fraction of sp³-hybridized carbons (Fsp3) is 0.391. The van der Waals surface area contributed by atoms with E-state index in [1.807, 2.05) is 18.2 Å². The second-order valence-corrected chi connectivity index (χ2v) is 10.6. The van der Waals surface area contributed by atoms with Crippen LogP contribution < -0.4 is 0 Å². The van der Waals surface area contributed by atoms with Crippen LogP contribution in [0.2, 0.25) is 0 Å². The van der Waals surface area contributed by atoms with Crippen LogP contribution in [0.3, 0.4) is 0 Å². The highest BCUT2D eigenvalue weighted by Gasteiger charge is 2.44. The molecule has 1 saturated carbocycles. The zero-order valence-electron chi connectivity index (χ0n) is 18.1. The van der Waals surface area contributed by atoms with Crippen molar-refractivity contribution in [3.8, 4) is 0 Å². The lowest BCUT2D eigenvalue weighted by atomic mass is 10.0. The van der Waals surface area contributed by atoms with Gasteiger partial charge in [-0.1, -0.05) is 12.1 Å². The number of sulfonamides is 1. The normalized spacial score (nSPS) is 18.1. The molecule has 0 radical (unpaired) electrons. The Kier molecular flexibility index (Phi) is 5.64. The number of halogens is 3. The average Bonchev–Trinajstić information content (AvgIpc) is 3.54. The first-order valence-corrected chi connectivity index (χ1v) is 12.5. The van der Waals surface area contributed by atoms with Gasteiger partial charge in [-0.15, -0.1) is 0 Å². The van der Waals surface area contributed by atoms with E-state index in [9.17, 15) is 26.4 Å². The molecular formula is C23H23F3N4O3S. The number of piperidine rings is 1. The Hall–Kier alpha value is -2.92. The first-order valence-electron chi connectivity index (χ1n) is 11.1. The van der Waals surface area contributed by atoms with Crippen molar-refractivity contribution in [1.82, 2.24) is 18.8 Å². The van der Waals surface area contributed by atoms with Gasteiger partial charge in [-0.3, -0.25) is 4.79 Å². The SMILES string of the molecule is O=C(c1cc2ccccn2n1)N1CCC(N(C2CC2)S(=O)(=O)c2cccc(C(F)(F)F)c2)CC1. The molecule has 2 aliphatic rings. The van der Waals surface area contributed by atoms with Crippen molar-refractivity contribution in [2.45, 2.75) is 48.8 Å². The lowest BCUT2D eigenvalue weighted by Crippen LogP contribution is -2.49. The minimum atomic E-state index is -4.63. The predicted octanol–water partition coefficient (Wildman–Crippen LogP) is 3.81. The molecule has 7 nitrogen and oxygen atoms in total. The second kappa shape index (κ2) is 8.38. The van der Waals surface area contributed by atoms with E-state index in [1.165, 1.54) is 10.4 Å². The quantitative estimate of drug-likeness (QED) is 0.543. The van der Waals surface area contributed by atoms with Crippen molar-refractivity contribution in [3.63, 3.8) is 0 Å². The summed E-state index contributed by atoms with van der Waals surface area (Å²) in [6.45, 7) is 0.692. The van der Waals surface area contributed by atoms with Gasteiger partial charge in [0.15, 0.2) is 5.69 Å². The smallest absolute Gasteiger partial charge is 0.337 e. The summed E-state index contributed by atoms with van der Waals surface area (Å²) in [7, 11) is -4.11. The van der Waals surface area contributed by atoms with Gasteiger partial charge in [0.2, 0.25) is 10.0 Å². The molecule has 3 aromatic rings. The number of aromatic nitrogens is 2. The van der Waals surface area contributed by atoms with Crippen LogP contribution in [0, 0.1) is 0 Å². The summed E-state index contributed by atoms with van der Waals surface area (Å²) in [5.74, 6) is -0.221. The summed E-state index contributed by atoms with van der Waals surface area (Å²) in [5, 5.41) is 4.31. The second-order valence-electron chi connectivity index (χ2n) is 8.71. The molecule has 1 saturated heterocycles. The summed E-state index contributed by atoms with van der Waals surface area (Å²) in [4.78, 5) is 14.3. The third-order valence-electron chi connectivity index (χ3n) is 6.34. The number of likely N-dealkylation sites (tertiary alicyclic amines) is 1. The maximum atomic E-state index is 13.4. The fourth-order valence-electron chi connectivity index (χ4n) is 4.50. The summed E-state index contributed by atoms with van der Waals surface area (Å²) < 4.78 is 69.3. The van der Waals surface area contributed by atoms with E-state index >= 15 is 0 Å². The number of hydrogen-bond donors (Lipinski definition) is 0. The molecule has 0 atom stereocenters. The monoisotopic (exact) mass is 492 g/mol. The third kappa shape index (κ3) is 4.29. The predicted molar refractivity (Wildman–Crippen MR) is 118 cm³/mol. The van der Waals surface area contributed by atoms with Crippen molar-refractivity contribution in [1.29, 1.82) is 0 Å². The number of alkyl halides is 3. The Morgan fingerprint density at radius 1 is 0.971 bits per heavy atom. The van der Waals surface area contributed by atoms with E-state index in [2.05, 4.69) is 5.10 Å². The topological polar surface area (TPSA) is 75.0 Å². The molecule has 0 bridgehead atoms. The van der Waals surface area contributed by atoms with Crippen molar-refractivity contribution >= 4 is 21.4 Å². The lowest BCUT2D eigenvalue weighted by molar-refractivity contribution is -0.137. The van der Waals surface area contributed by atoms with Gasteiger partial charge < -0.3 is 4.90 Å². The van der Waals surface area contributed by atoms with E-state index < -0.39 is 21.8 Å². The summed E-state index contributed by atoms with van der Waals surface area (Å²) in [5.41, 5.74) is 0.130. The largest absolute Gasteiger partial charge is 0.416 e.